The van der Waals surface area contributed by atoms with E-state index in [4.69, 9.17) is 0 Å². The first-order valence-corrected chi connectivity index (χ1v) is 8.86. The zero-order valence-electron chi connectivity index (χ0n) is 15.0. The van der Waals surface area contributed by atoms with E-state index in [2.05, 4.69) is 26.6 Å². The third kappa shape index (κ3) is 4.17. The zero-order chi connectivity index (χ0) is 18.6. The Morgan fingerprint density at radius 2 is 1.96 bits per heavy atom. The highest BCUT2D eigenvalue weighted by atomic mass is 32.2. The molecule has 2 heterocycles. The number of nitriles is 1. The number of carbonyl (C=O) groups is 1. The van der Waals surface area contributed by atoms with Crippen molar-refractivity contribution in [3.63, 3.8) is 0 Å². The van der Waals surface area contributed by atoms with Gasteiger partial charge in [0.2, 0.25) is 5.91 Å². The predicted molar refractivity (Wildman–Crippen MR) is 96.6 cm³/mol. The number of carbonyl (C=O) groups excluding carboxylic acids is 1. The summed E-state index contributed by atoms with van der Waals surface area (Å²) in [5.74, 6) is 0.518. The fraction of sp³-hybridized carbons (Fsp3) is 0.471. The number of rotatable bonds is 6. The molecule has 0 radical (unpaired) electrons. The molecule has 1 amide bonds. The van der Waals surface area contributed by atoms with Gasteiger partial charge >= 0.3 is 0 Å². The standard InChI is InChI=1S/C17H22N6OS/c1-11(2)17(4,10-18)20-15(24)12(3)25-16-22-21-14(23(16)5)13-6-8-19-9-7-13/h6-9,11-12H,1-5H3,(H,20,24)/t12-,17-/m1/s1. The van der Waals surface area contributed by atoms with Crippen LogP contribution >= 0.6 is 11.8 Å². The number of aromatic nitrogens is 4. The van der Waals surface area contributed by atoms with Gasteiger partial charge in [0.25, 0.3) is 0 Å². The monoisotopic (exact) mass is 358 g/mol. The number of nitrogens with zero attached hydrogens (tertiary/aromatic N) is 5. The molecule has 0 aliphatic rings. The Kier molecular flexibility index (Phi) is 5.80. The maximum atomic E-state index is 12.5. The molecule has 2 aromatic heterocycles. The van der Waals surface area contributed by atoms with Gasteiger partial charge in [0.1, 0.15) is 5.54 Å². The van der Waals surface area contributed by atoms with E-state index in [0.29, 0.717) is 11.0 Å². The zero-order valence-corrected chi connectivity index (χ0v) is 15.8. The predicted octanol–water partition coefficient (Wildman–Crippen LogP) is 2.41. The van der Waals surface area contributed by atoms with Crippen LogP contribution in [0.4, 0.5) is 0 Å². The van der Waals surface area contributed by atoms with Crippen molar-refractivity contribution in [2.24, 2.45) is 13.0 Å². The molecule has 0 aliphatic heterocycles. The summed E-state index contributed by atoms with van der Waals surface area (Å²) in [6, 6.07) is 5.90. The highest BCUT2D eigenvalue weighted by Crippen LogP contribution is 2.26. The van der Waals surface area contributed by atoms with Gasteiger partial charge < -0.3 is 9.88 Å². The van der Waals surface area contributed by atoms with Crippen LogP contribution in [0.5, 0.6) is 0 Å². The lowest BCUT2D eigenvalue weighted by Crippen LogP contribution is -2.51. The molecule has 1 N–H and O–H groups in total. The van der Waals surface area contributed by atoms with Crippen molar-refractivity contribution in [1.82, 2.24) is 25.1 Å². The van der Waals surface area contributed by atoms with Crippen LogP contribution in [-0.4, -0.2) is 36.4 Å². The minimum Gasteiger partial charge on any atom is -0.337 e. The van der Waals surface area contributed by atoms with E-state index in [1.54, 1.807) is 26.2 Å². The minimum atomic E-state index is -0.895. The Morgan fingerprint density at radius 3 is 2.52 bits per heavy atom. The van der Waals surface area contributed by atoms with Crippen LogP contribution in [0, 0.1) is 17.2 Å². The molecule has 0 aromatic carbocycles. The van der Waals surface area contributed by atoms with E-state index in [0.717, 1.165) is 5.56 Å². The molecule has 2 atom stereocenters. The molecular weight excluding hydrogens is 336 g/mol. The Balaban J connectivity index is 2.11. The van der Waals surface area contributed by atoms with Gasteiger partial charge in [-0.3, -0.25) is 9.78 Å². The van der Waals surface area contributed by atoms with Gasteiger partial charge in [-0.1, -0.05) is 25.6 Å². The van der Waals surface area contributed by atoms with Crippen LogP contribution in [0.1, 0.15) is 27.7 Å². The highest BCUT2D eigenvalue weighted by Gasteiger charge is 2.32. The van der Waals surface area contributed by atoms with Gasteiger partial charge in [-0.15, -0.1) is 10.2 Å². The third-order valence-corrected chi connectivity index (χ3v) is 5.33. The Morgan fingerprint density at radius 1 is 1.32 bits per heavy atom. The number of pyridine rings is 1. The van der Waals surface area contributed by atoms with Crippen LogP contribution in [-0.2, 0) is 11.8 Å². The van der Waals surface area contributed by atoms with Crippen LogP contribution in [0.25, 0.3) is 11.4 Å². The lowest BCUT2D eigenvalue weighted by atomic mass is 9.90. The molecule has 0 saturated heterocycles. The SMILES string of the molecule is CC(C)[C@@](C)(C#N)NC(=O)[C@@H](C)Sc1nnc(-c2ccncc2)n1C. The number of nitrogens with one attached hydrogen (secondary N) is 1. The second-order valence-electron chi connectivity index (χ2n) is 6.32. The summed E-state index contributed by atoms with van der Waals surface area (Å²) in [6.07, 6.45) is 3.39. The molecule has 0 fully saturated rings. The summed E-state index contributed by atoms with van der Waals surface area (Å²) in [5.41, 5.74) is 0.0133. The highest BCUT2D eigenvalue weighted by molar-refractivity contribution is 8.00. The first-order chi connectivity index (χ1) is 11.8. The third-order valence-electron chi connectivity index (χ3n) is 4.19. The van der Waals surface area contributed by atoms with Crippen molar-refractivity contribution in [1.29, 1.82) is 5.26 Å². The van der Waals surface area contributed by atoms with E-state index in [1.165, 1.54) is 11.8 Å². The van der Waals surface area contributed by atoms with E-state index >= 15 is 0 Å². The molecule has 0 unspecified atom stereocenters. The molecule has 0 aliphatic carbocycles. The lowest BCUT2D eigenvalue weighted by molar-refractivity contribution is -0.121. The number of hydrogen-bond acceptors (Lipinski definition) is 6. The number of amides is 1. The van der Waals surface area contributed by atoms with Crippen molar-refractivity contribution in [2.75, 3.05) is 0 Å². The molecule has 8 heteroatoms. The maximum absolute atomic E-state index is 12.5. The molecule has 25 heavy (non-hydrogen) atoms. The molecular formula is C17H22N6OS. The molecule has 0 saturated carbocycles. The lowest BCUT2D eigenvalue weighted by Gasteiger charge is -2.28. The van der Waals surface area contributed by atoms with E-state index in [9.17, 15) is 10.1 Å². The molecule has 0 spiro atoms. The first kappa shape index (κ1) is 18.9. The van der Waals surface area contributed by atoms with Gasteiger partial charge in [0, 0.05) is 25.0 Å². The van der Waals surface area contributed by atoms with Crippen LogP contribution in [0.2, 0.25) is 0 Å². The van der Waals surface area contributed by atoms with Gasteiger partial charge in [-0.25, -0.2) is 0 Å². The van der Waals surface area contributed by atoms with Gasteiger partial charge in [0.05, 0.1) is 11.3 Å². The maximum Gasteiger partial charge on any atom is 0.234 e. The fourth-order valence-corrected chi connectivity index (χ4v) is 2.86. The van der Waals surface area contributed by atoms with Crippen molar-refractivity contribution in [3.05, 3.63) is 24.5 Å². The van der Waals surface area contributed by atoms with Crippen LogP contribution in [0.15, 0.2) is 29.7 Å². The summed E-state index contributed by atoms with van der Waals surface area (Å²) in [4.78, 5) is 16.5. The summed E-state index contributed by atoms with van der Waals surface area (Å²) in [6.45, 7) is 7.34. The van der Waals surface area contributed by atoms with Crippen molar-refractivity contribution in [2.45, 2.75) is 43.6 Å². The number of hydrogen-bond donors (Lipinski definition) is 1. The van der Waals surface area contributed by atoms with E-state index < -0.39 is 10.8 Å². The Hall–Kier alpha value is -2.40. The van der Waals surface area contributed by atoms with Gasteiger partial charge in [-0.2, -0.15) is 5.26 Å². The molecule has 7 nitrogen and oxygen atoms in total. The van der Waals surface area contributed by atoms with Crippen LogP contribution < -0.4 is 5.32 Å². The molecule has 132 valence electrons. The average Bonchev–Trinajstić information content (AvgIpc) is 2.96. The smallest absolute Gasteiger partial charge is 0.234 e. The average molecular weight is 358 g/mol. The first-order valence-electron chi connectivity index (χ1n) is 7.98. The van der Waals surface area contributed by atoms with Gasteiger partial charge in [0.15, 0.2) is 11.0 Å². The second-order valence-corrected chi connectivity index (χ2v) is 7.63. The van der Waals surface area contributed by atoms with Crippen molar-refractivity contribution < 1.29 is 4.79 Å². The molecule has 2 aromatic rings. The van der Waals surface area contributed by atoms with E-state index in [1.807, 2.05) is 37.6 Å². The summed E-state index contributed by atoms with van der Waals surface area (Å²) >= 11 is 1.31. The molecule has 0 bridgehead atoms. The minimum absolute atomic E-state index is 0.00627. The Labute approximate surface area is 151 Å². The largest absolute Gasteiger partial charge is 0.337 e. The van der Waals surface area contributed by atoms with Crippen molar-refractivity contribution in [3.8, 4) is 17.5 Å². The number of thioether (sulfide) groups is 1. The van der Waals surface area contributed by atoms with Crippen molar-refractivity contribution >= 4 is 17.7 Å². The fourth-order valence-electron chi connectivity index (χ4n) is 2.04. The summed E-state index contributed by atoms with van der Waals surface area (Å²) in [7, 11) is 1.86. The normalized spacial score (nSPS) is 14.6. The molecule has 2 rings (SSSR count). The topological polar surface area (TPSA) is 96.5 Å². The summed E-state index contributed by atoms with van der Waals surface area (Å²) < 4.78 is 1.84. The second kappa shape index (κ2) is 7.66. The Bertz CT molecular complexity index is 782. The summed E-state index contributed by atoms with van der Waals surface area (Å²) in [5, 5.41) is 20.8. The quantitative estimate of drug-likeness (QED) is 0.797. The van der Waals surface area contributed by atoms with Gasteiger partial charge in [-0.05, 0) is 31.9 Å². The van der Waals surface area contributed by atoms with E-state index in [-0.39, 0.29) is 11.8 Å². The van der Waals surface area contributed by atoms with Crippen LogP contribution in [0.3, 0.4) is 0 Å².